The maximum absolute atomic E-state index is 12.5. The van der Waals surface area contributed by atoms with Crippen molar-refractivity contribution < 1.29 is 19.0 Å². The summed E-state index contributed by atoms with van der Waals surface area (Å²) in [4.78, 5) is 16.9. The molecule has 1 N–H and O–H groups in total. The first kappa shape index (κ1) is 19.7. The molecule has 0 saturated heterocycles. The van der Waals surface area contributed by atoms with Gasteiger partial charge in [0.15, 0.2) is 11.5 Å². The van der Waals surface area contributed by atoms with E-state index in [0.29, 0.717) is 36.0 Å². The van der Waals surface area contributed by atoms with Crippen molar-refractivity contribution in [1.29, 1.82) is 0 Å². The van der Waals surface area contributed by atoms with E-state index in [1.54, 1.807) is 43.8 Å². The van der Waals surface area contributed by atoms with Gasteiger partial charge in [0.05, 0.1) is 24.9 Å². The Morgan fingerprint density at radius 1 is 1.11 bits per heavy atom. The summed E-state index contributed by atoms with van der Waals surface area (Å²) in [5.74, 6) is 1.73. The Kier molecular flexibility index (Phi) is 6.49. The molecule has 2 aromatic carbocycles. The fourth-order valence-electron chi connectivity index (χ4n) is 2.63. The summed E-state index contributed by atoms with van der Waals surface area (Å²) in [5, 5.41) is 5.88. The van der Waals surface area contributed by atoms with Gasteiger partial charge in [0.25, 0.3) is 5.91 Å². The highest BCUT2D eigenvalue weighted by Gasteiger charge is 2.09. The molecule has 0 saturated carbocycles. The molecule has 1 aromatic heterocycles. The summed E-state index contributed by atoms with van der Waals surface area (Å²) < 4.78 is 16.3. The number of rotatable bonds is 8. The van der Waals surface area contributed by atoms with E-state index in [1.165, 1.54) is 0 Å². The maximum Gasteiger partial charge on any atom is 0.251 e. The van der Waals surface area contributed by atoms with Crippen LogP contribution in [0.15, 0.2) is 47.8 Å². The third-order valence-electron chi connectivity index (χ3n) is 4.05. The SMILES string of the molecule is COc1ccc(CNC(=O)c2cccc(OCc3csc(C)n3)c2)cc1OC. The van der Waals surface area contributed by atoms with Crippen LogP contribution in [0.25, 0.3) is 0 Å². The standard InChI is InChI=1S/C21H22N2O4S/c1-14-23-17(13-28-14)12-27-18-6-4-5-16(10-18)21(24)22-11-15-7-8-19(25-2)20(9-15)26-3/h4-10,13H,11-12H2,1-3H3,(H,22,24). The van der Waals surface area contributed by atoms with Gasteiger partial charge in [0, 0.05) is 17.5 Å². The van der Waals surface area contributed by atoms with Crippen LogP contribution < -0.4 is 19.5 Å². The highest BCUT2D eigenvalue weighted by atomic mass is 32.1. The van der Waals surface area contributed by atoms with Crippen molar-refractivity contribution in [1.82, 2.24) is 10.3 Å². The monoisotopic (exact) mass is 398 g/mol. The number of nitrogens with one attached hydrogen (secondary N) is 1. The molecular formula is C21H22N2O4S. The second-order valence-electron chi connectivity index (χ2n) is 6.05. The molecule has 0 spiro atoms. The number of methoxy groups -OCH3 is 2. The van der Waals surface area contributed by atoms with Gasteiger partial charge in [-0.1, -0.05) is 12.1 Å². The summed E-state index contributed by atoms with van der Waals surface area (Å²) in [7, 11) is 3.17. The zero-order chi connectivity index (χ0) is 19.9. The molecule has 6 nitrogen and oxygen atoms in total. The number of nitrogens with zero attached hydrogens (tertiary/aromatic N) is 1. The van der Waals surface area contributed by atoms with Gasteiger partial charge >= 0.3 is 0 Å². The van der Waals surface area contributed by atoms with Gasteiger partial charge in [0.1, 0.15) is 12.4 Å². The van der Waals surface area contributed by atoms with Gasteiger partial charge in [-0.3, -0.25) is 4.79 Å². The lowest BCUT2D eigenvalue weighted by atomic mass is 10.1. The first-order valence-electron chi connectivity index (χ1n) is 8.72. The van der Waals surface area contributed by atoms with Crippen LogP contribution in [-0.2, 0) is 13.2 Å². The number of amides is 1. The van der Waals surface area contributed by atoms with Crippen LogP contribution in [0.5, 0.6) is 17.2 Å². The van der Waals surface area contributed by atoms with Crippen molar-refractivity contribution in [2.75, 3.05) is 14.2 Å². The van der Waals surface area contributed by atoms with E-state index in [0.717, 1.165) is 16.3 Å². The lowest BCUT2D eigenvalue weighted by Gasteiger charge is -2.11. The van der Waals surface area contributed by atoms with Crippen molar-refractivity contribution in [2.24, 2.45) is 0 Å². The minimum Gasteiger partial charge on any atom is -0.493 e. The lowest BCUT2D eigenvalue weighted by molar-refractivity contribution is 0.0950. The molecule has 0 atom stereocenters. The topological polar surface area (TPSA) is 69.7 Å². The number of hydrogen-bond acceptors (Lipinski definition) is 6. The molecule has 28 heavy (non-hydrogen) atoms. The van der Waals surface area contributed by atoms with Crippen molar-refractivity contribution in [3.63, 3.8) is 0 Å². The Balaban J connectivity index is 1.60. The Hall–Kier alpha value is -3.06. The highest BCUT2D eigenvalue weighted by molar-refractivity contribution is 7.09. The number of carbonyl (C=O) groups is 1. The Morgan fingerprint density at radius 2 is 1.93 bits per heavy atom. The number of hydrogen-bond donors (Lipinski definition) is 1. The minimum atomic E-state index is -0.176. The molecule has 0 radical (unpaired) electrons. The first-order chi connectivity index (χ1) is 13.6. The molecule has 0 aliphatic heterocycles. The van der Waals surface area contributed by atoms with E-state index in [2.05, 4.69) is 10.3 Å². The number of aryl methyl sites for hydroxylation is 1. The van der Waals surface area contributed by atoms with Crippen molar-refractivity contribution in [2.45, 2.75) is 20.1 Å². The van der Waals surface area contributed by atoms with Crippen LogP contribution in [0, 0.1) is 6.92 Å². The third-order valence-corrected chi connectivity index (χ3v) is 4.87. The molecule has 0 bridgehead atoms. The van der Waals surface area contributed by atoms with Crippen LogP contribution in [0.1, 0.15) is 26.6 Å². The Labute approximate surface area is 168 Å². The summed E-state index contributed by atoms with van der Waals surface area (Å²) in [6, 6.07) is 12.6. The molecule has 3 aromatic rings. The number of benzene rings is 2. The smallest absolute Gasteiger partial charge is 0.251 e. The zero-order valence-electron chi connectivity index (χ0n) is 16.0. The molecule has 0 aliphatic rings. The predicted octanol–water partition coefficient (Wildman–Crippen LogP) is 3.98. The third kappa shape index (κ3) is 5.01. The van der Waals surface area contributed by atoms with Crippen LogP contribution in [0.2, 0.25) is 0 Å². The molecule has 0 aliphatic carbocycles. The lowest BCUT2D eigenvalue weighted by Crippen LogP contribution is -2.22. The van der Waals surface area contributed by atoms with E-state index in [4.69, 9.17) is 14.2 Å². The molecule has 0 fully saturated rings. The highest BCUT2D eigenvalue weighted by Crippen LogP contribution is 2.27. The largest absolute Gasteiger partial charge is 0.493 e. The molecule has 0 unspecified atom stereocenters. The second-order valence-corrected chi connectivity index (χ2v) is 7.11. The number of carbonyl (C=O) groups excluding carboxylic acids is 1. The normalized spacial score (nSPS) is 10.4. The Morgan fingerprint density at radius 3 is 2.64 bits per heavy atom. The molecule has 1 heterocycles. The van der Waals surface area contributed by atoms with Crippen LogP contribution >= 0.6 is 11.3 Å². The van der Waals surface area contributed by atoms with Crippen LogP contribution in [0.3, 0.4) is 0 Å². The fraction of sp³-hybridized carbons (Fsp3) is 0.238. The average Bonchev–Trinajstić information content (AvgIpc) is 3.15. The summed E-state index contributed by atoms with van der Waals surface area (Å²) >= 11 is 1.58. The number of aromatic nitrogens is 1. The number of ether oxygens (including phenoxy) is 3. The van der Waals surface area contributed by atoms with E-state index in [-0.39, 0.29) is 5.91 Å². The molecule has 1 amide bonds. The molecule has 146 valence electrons. The quantitative estimate of drug-likeness (QED) is 0.622. The fourth-order valence-corrected chi connectivity index (χ4v) is 3.23. The zero-order valence-corrected chi connectivity index (χ0v) is 16.8. The van der Waals surface area contributed by atoms with Gasteiger partial charge in [-0.15, -0.1) is 11.3 Å². The predicted molar refractivity (Wildman–Crippen MR) is 108 cm³/mol. The van der Waals surface area contributed by atoms with Gasteiger partial charge in [-0.25, -0.2) is 4.98 Å². The van der Waals surface area contributed by atoms with Gasteiger partial charge < -0.3 is 19.5 Å². The van der Waals surface area contributed by atoms with Gasteiger partial charge in [0.2, 0.25) is 0 Å². The Bertz CT molecular complexity index is 955. The first-order valence-corrected chi connectivity index (χ1v) is 9.60. The van der Waals surface area contributed by atoms with Crippen LogP contribution in [-0.4, -0.2) is 25.1 Å². The molecule has 3 rings (SSSR count). The van der Waals surface area contributed by atoms with Crippen molar-refractivity contribution in [3.8, 4) is 17.2 Å². The summed E-state index contributed by atoms with van der Waals surface area (Å²) in [6.45, 7) is 2.71. The summed E-state index contributed by atoms with van der Waals surface area (Å²) in [5.41, 5.74) is 2.33. The summed E-state index contributed by atoms with van der Waals surface area (Å²) in [6.07, 6.45) is 0. The maximum atomic E-state index is 12.5. The average molecular weight is 398 g/mol. The molecular weight excluding hydrogens is 376 g/mol. The van der Waals surface area contributed by atoms with E-state index in [9.17, 15) is 4.79 Å². The minimum absolute atomic E-state index is 0.176. The van der Waals surface area contributed by atoms with Gasteiger partial charge in [-0.05, 0) is 42.8 Å². The van der Waals surface area contributed by atoms with Crippen molar-refractivity contribution >= 4 is 17.2 Å². The van der Waals surface area contributed by atoms with E-state index in [1.807, 2.05) is 36.6 Å². The van der Waals surface area contributed by atoms with Gasteiger partial charge in [-0.2, -0.15) is 0 Å². The second kappa shape index (κ2) is 9.23. The van der Waals surface area contributed by atoms with Crippen molar-refractivity contribution in [3.05, 3.63) is 69.7 Å². The molecule has 7 heteroatoms. The number of thiazole rings is 1. The van der Waals surface area contributed by atoms with E-state index >= 15 is 0 Å². The van der Waals surface area contributed by atoms with E-state index < -0.39 is 0 Å². The van der Waals surface area contributed by atoms with Crippen LogP contribution in [0.4, 0.5) is 0 Å².